The average Bonchev–Trinajstić information content (AvgIpc) is 2.87. The van der Waals surface area contributed by atoms with Gasteiger partial charge in [-0.05, 0) is 11.1 Å². The van der Waals surface area contributed by atoms with Gasteiger partial charge in [-0.3, -0.25) is 4.79 Å². The van der Waals surface area contributed by atoms with Crippen LogP contribution in [0.25, 0.3) is 11.1 Å². The van der Waals surface area contributed by atoms with Crippen molar-refractivity contribution in [2.75, 3.05) is 20.8 Å². The van der Waals surface area contributed by atoms with Crippen LogP contribution in [0.5, 0.6) is 17.2 Å². The number of rotatable bonds is 12. The lowest BCUT2D eigenvalue weighted by Crippen LogP contribution is -2.28. The number of nitrogens with zero attached hydrogens (tertiary/aromatic N) is 1. The molecule has 1 atom stereocenters. The summed E-state index contributed by atoms with van der Waals surface area (Å²) in [5.74, 6) is 0.462. The number of carboxylic acids is 1. The summed E-state index contributed by atoms with van der Waals surface area (Å²) in [7, 11) is 3.05. The molecule has 0 saturated carbocycles. The zero-order valence-corrected chi connectivity index (χ0v) is 19.7. The van der Waals surface area contributed by atoms with Gasteiger partial charge in [0, 0.05) is 30.8 Å². The van der Waals surface area contributed by atoms with E-state index in [4.69, 9.17) is 19.3 Å². The highest BCUT2D eigenvalue weighted by molar-refractivity contribution is 5.72. The van der Waals surface area contributed by atoms with Crippen molar-refractivity contribution in [2.24, 2.45) is 0 Å². The number of nitrogens with one attached hydrogen (secondary N) is 1. The molecule has 0 amide bonds. The molecule has 35 heavy (non-hydrogen) atoms. The summed E-state index contributed by atoms with van der Waals surface area (Å²) in [5.41, 5.74) is 3.81. The van der Waals surface area contributed by atoms with Gasteiger partial charge in [0.15, 0.2) is 0 Å². The van der Waals surface area contributed by atoms with Crippen LogP contribution in [0.1, 0.15) is 23.1 Å². The molecule has 0 aliphatic carbocycles. The second-order valence-electron chi connectivity index (χ2n) is 7.80. The molecule has 0 spiro atoms. The van der Waals surface area contributed by atoms with Crippen LogP contribution in [-0.4, -0.2) is 43.1 Å². The molecule has 8 heteroatoms. The third-order valence-electron chi connectivity index (χ3n) is 5.42. The van der Waals surface area contributed by atoms with E-state index in [1.807, 2.05) is 48.5 Å². The van der Waals surface area contributed by atoms with Gasteiger partial charge in [0.05, 0.1) is 37.9 Å². The predicted octanol–water partition coefficient (Wildman–Crippen LogP) is 3.75. The Balaban J connectivity index is 1.77. The molecule has 0 fully saturated rings. The topological polar surface area (TPSA) is 121 Å². The first-order valence-corrected chi connectivity index (χ1v) is 11.0. The molecule has 0 radical (unpaired) electrons. The van der Waals surface area contributed by atoms with Gasteiger partial charge in [-0.1, -0.05) is 48.5 Å². The lowest BCUT2D eigenvalue weighted by atomic mass is 9.96. The number of aliphatic hydroxyl groups excluding tert-OH is 1. The van der Waals surface area contributed by atoms with Crippen LogP contribution in [0.3, 0.4) is 0 Å². The zero-order chi connectivity index (χ0) is 25.2. The number of methoxy groups -OCH3 is 2. The molecule has 0 unspecified atom stereocenters. The van der Waals surface area contributed by atoms with Gasteiger partial charge >= 0.3 is 5.97 Å². The average molecular weight is 477 g/mol. The number of ether oxygens (including phenoxy) is 3. The summed E-state index contributed by atoms with van der Waals surface area (Å²) in [6.45, 7) is 0.571. The van der Waals surface area contributed by atoms with Crippen LogP contribution in [0.15, 0.2) is 60.7 Å². The summed E-state index contributed by atoms with van der Waals surface area (Å²) >= 11 is 0. The van der Waals surface area contributed by atoms with Crippen LogP contribution in [-0.2, 0) is 17.9 Å². The number of nitriles is 1. The van der Waals surface area contributed by atoms with Gasteiger partial charge in [0.25, 0.3) is 0 Å². The molecule has 0 aliphatic rings. The summed E-state index contributed by atoms with van der Waals surface area (Å²) < 4.78 is 17.0. The van der Waals surface area contributed by atoms with E-state index >= 15 is 0 Å². The molecule has 3 N–H and O–H groups in total. The van der Waals surface area contributed by atoms with E-state index in [9.17, 15) is 15.2 Å². The Kier molecular flexibility index (Phi) is 9.07. The Labute approximate surface area is 204 Å². The quantitative estimate of drug-likeness (QED) is 0.361. The first kappa shape index (κ1) is 25.6. The maximum absolute atomic E-state index is 10.7. The van der Waals surface area contributed by atoms with Crippen LogP contribution >= 0.6 is 0 Å². The number of carboxylic acid groups (broad SMARTS) is 1. The number of hydrogen-bond acceptors (Lipinski definition) is 7. The van der Waals surface area contributed by atoms with Crippen molar-refractivity contribution in [2.45, 2.75) is 25.7 Å². The van der Waals surface area contributed by atoms with Crippen molar-refractivity contribution in [3.05, 3.63) is 77.4 Å². The molecule has 3 rings (SSSR count). The maximum atomic E-state index is 10.7. The van der Waals surface area contributed by atoms with Gasteiger partial charge in [0.1, 0.15) is 29.9 Å². The van der Waals surface area contributed by atoms with E-state index in [1.54, 1.807) is 12.1 Å². The molecule has 0 aromatic heterocycles. The number of aliphatic hydroxyl groups is 1. The van der Waals surface area contributed by atoms with Crippen molar-refractivity contribution in [3.8, 4) is 34.4 Å². The molecule has 3 aromatic rings. The number of hydrogen-bond donors (Lipinski definition) is 3. The normalized spacial score (nSPS) is 11.4. The Morgan fingerprint density at radius 3 is 2.34 bits per heavy atom. The van der Waals surface area contributed by atoms with Crippen molar-refractivity contribution in [3.63, 3.8) is 0 Å². The Bertz CT molecular complexity index is 1170. The van der Waals surface area contributed by atoms with Crippen LogP contribution in [0.2, 0.25) is 0 Å². The first-order valence-electron chi connectivity index (χ1n) is 11.0. The second-order valence-corrected chi connectivity index (χ2v) is 7.80. The lowest BCUT2D eigenvalue weighted by molar-refractivity contribution is -0.139. The highest BCUT2D eigenvalue weighted by atomic mass is 16.5. The van der Waals surface area contributed by atoms with E-state index in [2.05, 4.69) is 11.4 Å². The summed E-state index contributed by atoms with van der Waals surface area (Å²) in [4.78, 5) is 10.7. The minimum Gasteiger partial charge on any atom is -0.496 e. The zero-order valence-electron chi connectivity index (χ0n) is 19.7. The molecule has 0 bridgehead atoms. The van der Waals surface area contributed by atoms with Crippen molar-refractivity contribution in [1.82, 2.24) is 5.32 Å². The highest BCUT2D eigenvalue weighted by Crippen LogP contribution is 2.35. The minimum atomic E-state index is -1.06. The molecule has 3 aromatic carbocycles. The number of benzene rings is 3. The van der Waals surface area contributed by atoms with Gasteiger partial charge in [-0.2, -0.15) is 5.26 Å². The monoisotopic (exact) mass is 476 g/mol. The van der Waals surface area contributed by atoms with Crippen molar-refractivity contribution in [1.29, 1.82) is 5.26 Å². The second kappa shape index (κ2) is 12.4. The van der Waals surface area contributed by atoms with E-state index in [-0.39, 0.29) is 19.6 Å². The van der Waals surface area contributed by atoms with Gasteiger partial charge < -0.3 is 29.7 Å². The van der Waals surface area contributed by atoms with Crippen molar-refractivity contribution >= 4 is 5.97 Å². The Morgan fingerprint density at radius 2 is 1.74 bits per heavy atom. The smallest absolute Gasteiger partial charge is 0.306 e. The van der Waals surface area contributed by atoms with Gasteiger partial charge in [0.2, 0.25) is 0 Å². The molecule has 0 heterocycles. The molecule has 0 saturated heterocycles. The van der Waals surface area contributed by atoms with E-state index in [0.29, 0.717) is 34.9 Å². The molecule has 0 aliphatic heterocycles. The largest absolute Gasteiger partial charge is 0.496 e. The van der Waals surface area contributed by atoms with Gasteiger partial charge in [-0.15, -0.1) is 0 Å². The molecular weight excluding hydrogens is 448 g/mol. The summed E-state index contributed by atoms with van der Waals surface area (Å²) in [5, 5.41) is 31.4. The number of carbonyl (C=O) groups is 1. The first-order chi connectivity index (χ1) is 17.0. The summed E-state index contributed by atoms with van der Waals surface area (Å²) in [6.07, 6.45) is -1.35. The molecular formula is C27H28N2O6. The molecule has 182 valence electrons. The molecule has 8 nitrogen and oxygen atoms in total. The third-order valence-corrected chi connectivity index (χ3v) is 5.42. The van der Waals surface area contributed by atoms with Crippen LogP contribution in [0, 0.1) is 11.3 Å². The van der Waals surface area contributed by atoms with Crippen LogP contribution in [0.4, 0.5) is 0 Å². The SMILES string of the molecule is COc1cc(OCc2cccc(-c3ccccc3)c2C#N)cc(OC)c1CNC[C@@H](O)CC(=O)O. The maximum Gasteiger partial charge on any atom is 0.306 e. The minimum absolute atomic E-state index is 0.103. The fraction of sp³-hybridized carbons (Fsp3) is 0.259. The predicted molar refractivity (Wildman–Crippen MR) is 130 cm³/mol. The highest BCUT2D eigenvalue weighted by Gasteiger charge is 2.16. The van der Waals surface area contributed by atoms with E-state index < -0.39 is 12.1 Å². The lowest BCUT2D eigenvalue weighted by Gasteiger charge is -2.17. The van der Waals surface area contributed by atoms with Crippen LogP contribution < -0.4 is 19.5 Å². The van der Waals surface area contributed by atoms with Crippen molar-refractivity contribution < 1.29 is 29.2 Å². The standard InChI is InChI=1S/C27H28N2O6/c1-33-25-12-21(13-26(34-2)24(25)16-29-15-20(30)11-27(31)32)35-17-19-9-6-10-22(23(19)14-28)18-7-4-3-5-8-18/h3-10,12-13,20,29-30H,11,15-17H2,1-2H3,(H,31,32)/t20-/m0/s1. The third kappa shape index (κ3) is 6.73. The number of aliphatic carboxylic acids is 1. The van der Waals surface area contributed by atoms with E-state index in [1.165, 1.54) is 14.2 Å². The fourth-order valence-electron chi connectivity index (χ4n) is 3.73. The van der Waals surface area contributed by atoms with E-state index in [0.717, 1.165) is 16.7 Å². The fourth-order valence-corrected chi connectivity index (χ4v) is 3.73. The Hall–Kier alpha value is -4.06. The summed E-state index contributed by atoms with van der Waals surface area (Å²) in [6, 6.07) is 21.1. The van der Waals surface area contributed by atoms with Gasteiger partial charge in [-0.25, -0.2) is 0 Å². The Morgan fingerprint density at radius 1 is 1.06 bits per heavy atom.